The number of amides is 1. The summed E-state index contributed by atoms with van der Waals surface area (Å²) in [5.74, 6) is -0.927. The molecule has 0 aliphatic carbocycles. The van der Waals surface area contributed by atoms with Gasteiger partial charge in [0.15, 0.2) is 0 Å². The number of nitrogens with two attached hydrogens (primary N) is 1. The molecule has 14 heavy (non-hydrogen) atoms. The maximum absolute atomic E-state index is 11.0. The van der Waals surface area contributed by atoms with Gasteiger partial charge in [-0.05, 0) is 11.6 Å². The highest BCUT2D eigenvalue weighted by atomic mass is 16.3. The van der Waals surface area contributed by atoms with Crippen LogP contribution in [0.3, 0.4) is 0 Å². The van der Waals surface area contributed by atoms with Crippen molar-refractivity contribution in [2.45, 2.75) is 5.92 Å². The zero-order valence-electron chi connectivity index (χ0n) is 7.47. The van der Waals surface area contributed by atoms with Crippen molar-refractivity contribution in [3.05, 3.63) is 29.8 Å². The molecule has 1 amide bonds. The Morgan fingerprint density at radius 1 is 1.50 bits per heavy atom. The first-order valence-corrected chi connectivity index (χ1v) is 4.32. The molecule has 1 aliphatic rings. The number of nitrogens with zero attached hydrogens (tertiary/aromatic N) is 1. The Kier molecular flexibility index (Phi) is 2.05. The number of para-hydroxylation sites is 1. The summed E-state index contributed by atoms with van der Waals surface area (Å²) in [6.45, 7) is -0.140. The van der Waals surface area contributed by atoms with Crippen LogP contribution in [0.15, 0.2) is 29.3 Å². The summed E-state index contributed by atoms with van der Waals surface area (Å²) < 4.78 is 0. The minimum atomic E-state index is -0.569. The molecule has 1 aliphatic heterocycles. The van der Waals surface area contributed by atoms with Gasteiger partial charge in [-0.2, -0.15) is 0 Å². The average molecular weight is 190 g/mol. The molecule has 4 nitrogen and oxygen atoms in total. The second-order valence-electron chi connectivity index (χ2n) is 3.16. The van der Waals surface area contributed by atoms with Crippen molar-refractivity contribution in [3.63, 3.8) is 0 Å². The van der Waals surface area contributed by atoms with Gasteiger partial charge >= 0.3 is 0 Å². The lowest BCUT2D eigenvalue weighted by Gasteiger charge is -2.07. The fraction of sp³-hybridized carbons (Fsp3) is 0.200. The number of aliphatic hydroxyl groups is 1. The Bertz CT molecular complexity index is 412. The van der Waals surface area contributed by atoms with E-state index in [0.29, 0.717) is 0 Å². The molecular formula is C10H10N2O2. The van der Waals surface area contributed by atoms with E-state index >= 15 is 0 Å². The van der Waals surface area contributed by atoms with Gasteiger partial charge in [0.2, 0.25) is 0 Å². The van der Waals surface area contributed by atoms with Gasteiger partial charge in [-0.15, -0.1) is 0 Å². The third-order valence-corrected chi connectivity index (χ3v) is 2.32. The van der Waals surface area contributed by atoms with Gasteiger partial charge in [0.1, 0.15) is 5.71 Å². The van der Waals surface area contributed by atoms with Crippen LogP contribution >= 0.6 is 0 Å². The number of hydrogen-bond donors (Lipinski definition) is 2. The Morgan fingerprint density at radius 3 is 2.86 bits per heavy atom. The van der Waals surface area contributed by atoms with Crippen LogP contribution in [-0.2, 0) is 4.79 Å². The van der Waals surface area contributed by atoms with Crippen LogP contribution in [0.1, 0.15) is 11.5 Å². The van der Waals surface area contributed by atoms with Gasteiger partial charge < -0.3 is 10.8 Å². The number of rotatable bonds is 2. The maximum atomic E-state index is 11.0. The number of carbonyl (C=O) groups excluding carboxylic acids is 1. The topological polar surface area (TPSA) is 75.7 Å². The molecule has 0 spiro atoms. The van der Waals surface area contributed by atoms with Gasteiger partial charge in [-0.3, -0.25) is 4.79 Å². The number of fused-ring (bicyclic) bond motifs is 1. The van der Waals surface area contributed by atoms with E-state index in [2.05, 4.69) is 4.99 Å². The quantitative estimate of drug-likeness (QED) is 0.705. The maximum Gasteiger partial charge on any atom is 0.263 e. The number of carbonyl (C=O) groups is 1. The molecular weight excluding hydrogens is 180 g/mol. The standard InChI is InChI=1S/C10H10N2O2/c11-10(14)9-7(5-13)6-3-1-2-4-8(6)12-9/h1-4,7,13H,5H2,(H2,11,14). The predicted octanol–water partition coefficient (Wildman–Crippen LogP) is 0.334. The lowest BCUT2D eigenvalue weighted by molar-refractivity contribution is -0.112. The number of primary amides is 1. The first-order chi connectivity index (χ1) is 6.74. The normalized spacial score (nSPS) is 18.9. The average Bonchev–Trinajstić information content (AvgIpc) is 2.56. The molecule has 4 heteroatoms. The summed E-state index contributed by atoms with van der Waals surface area (Å²) in [5, 5.41) is 9.14. The monoisotopic (exact) mass is 190 g/mol. The lowest BCUT2D eigenvalue weighted by atomic mass is 9.96. The van der Waals surface area contributed by atoms with E-state index < -0.39 is 5.91 Å². The molecule has 0 aromatic heterocycles. The largest absolute Gasteiger partial charge is 0.395 e. The molecule has 3 N–H and O–H groups in total. The molecule has 1 aromatic rings. The van der Waals surface area contributed by atoms with Gasteiger partial charge in [0, 0.05) is 0 Å². The van der Waals surface area contributed by atoms with Crippen molar-refractivity contribution in [3.8, 4) is 0 Å². The van der Waals surface area contributed by atoms with Gasteiger partial charge in [0.25, 0.3) is 5.91 Å². The second-order valence-corrected chi connectivity index (χ2v) is 3.16. The molecule has 72 valence electrons. The molecule has 1 aromatic carbocycles. The summed E-state index contributed by atoms with van der Waals surface area (Å²) >= 11 is 0. The summed E-state index contributed by atoms with van der Waals surface area (Å²) in [6.07, 6.45) is 0. The van der Waals surface area contributed by atoms with Crippen molar-refractivity contribution < 1.29 is 9.90 Å². The molecule has 1 heterocycles. The third-order valence-electron chi connectivity index (χ3n) is 2.32. The fourth-order valence-electron chi connectivity index (χ4n) is 1.65. The second kappa shape index (κ2) is 3.23. The Hall–Kier alpha value is -1.68. The van der Waals surface area contributed by atoms with Crippen LogP contribution in [-0.4, -0.2) is 23.3 Å². The van der Waals surface area contributed by atoms with E-state index in [1.165, 1.54) is 0 Å². The molecule has 0 fully saturated rings. The van der Waals surface area contributed by atoms with Crippen LogP contribution in [0.4, 0.5) is 5.69 Å². The molecule has 0 bridgehead atoms. The summed E-state index contributed by atoms with van der Waals surface area (Å²) in [7, 11) is 0. The minimum absolute atomic E-state index is 0.140. The Morgan fingerprint density at radius 2 is 2.21 bits per heavy atom. The number of benzene rings is 1. The fourth-order valence-corrected chi connectivity index (χ4v) is 1.65. The van der Waals surface area contributed by atoms with E-state index in [1.807, 2.05) is 18.2 Å². The zero-order chi connectivity index (χ0) is 10.1. The highest BCUT2D eigenvalue weighted by Gasteiger charge is 2.29. The van der Waals surface area contributed by atoms with Crippen molar-refractivity contribution >= 4 is 17.3 Å². The van der Waals surface area contributed by atoms with Crippen molar-refractivity contribution in [2.75, 3.05) is 6.61 Å². The number of hydrogen-bond acceptors (Lipinski definition) is 3. The van der Waals surface area contributed by atoms with Gasteiger partial charge in [-0.1, -0.05) is 18.2 Å². The highest BCUT2D eigenvalue weighted by Crippen LogP contribution is 2.34. The van der Waals surface area contributed by atoms with Crippen LogP contribution in [0.2, 0.25) is 0 Å². The van der Waals surface area contributed by atoms with Gasteiger partial charge in [0.05, 0.1) is 18.2 Å². The smallest absolute Gasteiger partial charge is 0.263 e. The van der Waals surface area contributed by atoms with Crippen molar-refractivity contribution in [1.29, 1.82) is 0 Å². The van der Waals surface area contributed by atoms with E-state index in [9.17, 15) is 4.79 Å². The molecule has 2 rings (SSSR count). The zero-order valence-corrected chi connectivity index (χ0v) is 7.47. The van der Waals surface area contributed by atoms with E-state index in [0.717, 1.165) is 11.3 Å². The van der Waals surface area contributed by atoms with E-state index in [4.69, 9.17) is 10.8 Å². The number of aliphatic hydroxyl groups excluding tert-OH is 1. The van der Waals surface area contributed by atoms with E-state index in [-0.39, 0.29) is 18.2 Å². The van der Waals surface area contributed by atoms with Gasteiger partial charge in [-0.25, -0.2) is 4.99 Å². The predicted molar refractivity (Wildman–Crippen MR) is 52.6 cm³/mol. The first-order valence-electron chi connectivity index (χ1n) is 4.32. The van der Waals surface area contributed by atoms with Crippen LogP contribution in [0, 0.1) is 0 Å². The minimum Gasteiger partial charge on any atom is -0.395 e. The molecule has 1 unspecified atom stereocenters. The lowest BCUT2D eigenvalue weighted by Crippen LogP contribution is -2.28. The van der Waals surface area contributed by atoms with Crippen LogP contribution < -0.4 is 5.73 Å². The number of aliphatic imine (C=N–C) groups is 1. The first kappa shape index (κ1) is 8.90. The van der Waals surface area contributed by atoms with Crippen LogP contribution in [0.5, 0.6) is 0 Å². The molecule has 0 saturated heterocycles. The SMILES string of the molecule is NC(=O)C1=Nc2ccccc2C1CO. The van der Waals surface area contributed by atoms with E-state index in [1.54, 1.807) is 6.07 Å². The molecule has 1 atom stereocenters. The third kappa shape index (κ3) is 1.20. The summed E-state index contributed by atoms with van der Waals surface area (Å²) in [5.41, 5.74) is 6.99. The molecule has 0 saturated carbocycles. The Labute approximate surface area is 81.1 Å². The van der Waals surface area contributed by atoms with Crippen molar-refractivity contribution in [2.24, 2.45) is 10.7 Å². The summed E-state index contributed by atoms with van der Waals surface area (Å²) in [4.78, 5) is 15.1. The summed E-state index contributed by atoms with van der Waals surface area (Å²) in [6, 6.07) is 7.32. The molecule has 0 radical (unpaired) electrons. The van der Waals surface area contributed by atoms with Crippen molar-refractivity contribution in [1.82, 2.24) is 0 Å². The Balaban J connectivity index is 2.49. The van der Waals surface area contributed by atoms with Crippen LogP contribution in [0.25, 0.3) is 0 Å². The highest BCUT2D eigenvalue weighted by molar-refractivity contribution is 6.42.